The van der Waals surface area contributed by atoms with Crippen LogP contribution in [0.25, 0.3) is 0 Å². The lowest BCUT2D eigenvalue weighted by atomic mass is 10.1. The van der Waals surface area contributed by atoms with E-state index in [4.69, 9.17) is 21.1 Å². The number of carbonyl (C=O) groups is 5. The number of aromatic amines is 1. The Morgan fingerprint density at radius 3 is 2.10 bits per heavy atom. The zero-order valence-electron chi connectivity index (χ0n) is 16.7. The largest absolute Gasteiger partial charge is 0.481 e. The molecule has 1 aromatic heterocycles. The molecule has 31 heavy (non-hydrogen) atoms. The van der Waals surface area contributed by atoms with Crippen LogP contribution in [-0.2, 0) is 30.4 Å². The standard InChI is InChI=1S/C17H26N6O8/c1-8(18)14(27)22-11(4-9-5-19-7-20-9)16(29)21-10(2-3-13(25)26)15(28)23-12(6-24)17(30)31/h5,7-8,10-12,24H,2-4,6,18H2,1H3,(H,19,20)(H,21,29)(H,22,27)(H,23,28)(H,25,26)(H,30,31). The van der Waals surface area contributed by atoms with Crippen LogP contribution in [0.3, 0.4) is 0 Å². The summed E-state index contributed by atoms with van der Waals surface area (Å²) in [7, 11) is 0. The molecule has 0 bridgehead atoms. The Labute approximate surface area is 176 Å². The fourth-order valence-corrected chi connectivity index (χ4v) is 2.40. The molecule has 14 heteroatoms. The molecule has 1 aromatic rings. The van der Waals surface area contributed by atoms with Gasteiger partial charge in [0.1, 0.15) is 18.1 Å². The third-order valence-corrected chi connectivity index (χ3v) is 4.10. The van der Waals surface area contributed by atoms with Gasteiger partial charge in [-0.25, -0.2) is 9.78 Å². The minimum Gasteiger partial charge on any atom is -0.481 e. The van der Waals surface area contributed by atoms with Gasteiger partial charge < -0.3 is 42.0 Å². The van der Waals surface area contributed by atoms with Crippen molar-refractivity contribution in [3.05, 3.63) is 18.2 Å². The second-order valence-corrected chi connectivity index (χ2v) is 6.71. The van der Waals surface area contributed by atoms with Gasteiger partial charge in [0.15, 0.2) is 0 Å². The Morgan fingerprint density at radius 1 is 1.03 bits per heavy atom. The van der Waals surface area contributed by atoms with Gasteiger partial charge in [0.2, 0.25) is 17.7 Å². The SMILES string of the molecule is CC(N)C(=O)NC(Cc1cnc[nH]1)C(=O)NC(CCC(=O)O)C(=O)NC(CO)C(=O)O. The van der Waals surface area contributed by atoms with E-state index in [9.17, 15) is 24.0 Å². The molecule has 1 heterocycles. The Morgan fingerprint density at radius 2 is 1.61 bits per heavy atom. The van der Waals surface area contributed by atoms with Crippen LogP contribution in [0.1, 0.15) is 25.5 Å². The van der Waals surface area contributed by atoms with E-state index < -0.39 is 66.9 Å². The highest BCUT2D eigenvalue weighted by Gasteiger charge is 2.30. The Hall–Kier alpha value is -3.52. The van der Waals surface area contributed by atoms with Gasteiger partial charge in [0.05, 0.1) is 19.0 Å². The van der Waals surface area contributed by atoms with Gasteiger partial charge in [-0.05, 0) is 13.3 Å². The minimum absolute atomic E-state index is 0.0358. The second-order valence-electron chi connectivity index (χ2n) is 6.71. The lowest BCUT2D eigenvalue weighted by Gasteiger charge is -2.24. The topological polar surface area (TPSA) is 237 Å². The number of nitrogens with two attached hydrogens (primary N) is 1. The van der Waals surface area contributed by atoms with Gasteiger partial charge >= 0.3 is 11.9 Å². The number of nitrogens with zero attached hydrogens (tertiary/aromatic N) is 1. The highest BCUT2D eigenvalue weighted by Crippen LogP contribution is 2.04. The molecular weight excluding hydrogens is 416 g/mol. The first-order valence-corrected chi connectivity index (χ1v) is 9.24. The summed E-state index contributed by atoms with van der Waals surface area (Å²) in [5.74, 6) is -5.24. The summed E-state index contributed by atoms with van der Waals surface area (Å²) >= 11 is 0. The molecule has 14 nitrogen and oxygen atoms in total. The third kappa shape index (κ3) is 8.79. The number of aliphatic hydroxyl groups excluding tert-OH is 1. The summed E-state index contributed by atoms with van der Waals surface area (Å²) < 4.78 is 0. The van der Waals surface area contributed by atoms with Gasteiger partial charge in [-0.15, -0.1) is 0 Å². The first-order chi connectivity index (χ1) is 14.5. The van der Waals surface area contributed by atoms with Crippen molar-refractivity contribution in [2.45, 2.75) is 50.4 Å². The number of rotatable bonds is 13. The van der Waals surface area contributed by atoms with Crippen LogP contribution < -0.4 is 21.7 Å². The van der Waals surface area contributed by atoms with Crippen LogP contribution in [-0.4, -0.2) is 85.7 Å². The van der Waals surface area contributed by atoms with Gasteiger partial charge in [-0.1, -0.05) is 0 Å². The van der Waals surface area contributed by atoms with Crippen LogP contribution in [0.4, 0.5) is 0 Å². The molecular formula is C17H26N6O8. The number of carboxylic acids is 2. The van der Waals surface area contributed by atoms with Crippen molar-refractivity contribution in [3.63, 3.8) is 0 Å². The average molecular weight is 442 g/mol. The van der Waals surface area contributed by atoms with E-state index in [1.54, 1.807) is 0 Å². The van der Waals surface area contributed by atoms with Crippen LogP contribution in [0.5, 0.6) is 0 Å². The quantitative estimate of drug-likeness (QED) is 0.151. The van der Waals surface area contributed by atoms with Crippen LogP contribution in [0.2, 0.25) is 0 Å². The zero-order chi connectivity index (χ0) is 23.6. The summed E-state index contributed by atoms with van der Waals surface area (Å²) in [5.41, 5.74) is 6.00. The molecule has 0 radical (unpaired) electrons. The van der Waals surface area contributed by atoms with Crippen molar-refractivity contribution in [2.24, 2.45) is 5.73 Å². The maximum atomic E-state index is 12.8. The van der Waals surface area contributed by atoms with Crippen molar-refractivity contribution in [3.8, 4) is 0 Å². The molecule has 3 amide bonds. The summed E-state index contributed by atoms with van der Waals surface area (Å²) in [4.78, 5) is 65.7. The van der Waals surface area contributed by atoms with E-state index >= 15 is 0 Å². The number of H-pyrrole nitrogens is 1. The number of carboxylic acid groups (broad SMARTS) is 2. The molecule has 0 saturated heterocycles. The van der Waals surface area contributed by atoms with Gasteiger partial charge in [0.25, 0.3) is 0 Å². The first kappa shape index (κ1) is 25.5. The number of imidazole rings is 1. The van der Waals surface area contributed by atoms with Crippen molar-refractivity contribution < 1.29 is 39.3 Å². The van der Waals surface area contributed by atoms with Crippen molar-refractivity contribution in [2.75, 3.05) is 6.61 Å². The summed E-state index contributed by atoms with van der Waals surface area (Å²) in [6.45, 7) is 0.498. The molecule has 0 aliphatic heterocycles. The maximum absolute atomic E-state index is 12.8. The molecule has 0 spiro atoms. The normalized spacial score (nSPS) is 14.5. The van der Waals surface area contributed by atoms with Crippen LogP contribution in [0.15, 0.2) is 12.5 Å². The van der Waals surface area contributed by atoms with Gasteiger partial charge in [-0.3, -0.25) is 19.2 Å². The fraction of sp³-hybridized carbons (Fsp3) is 0.529. The number of carbonyl (C=O) groups excluding carboxylic acids is 3. The van der Waals surface area contributed by atoms with Crippen molar-refractivity contribution >= 4 is 29.7 Å². The summed E-state index contributed by atoms with van der Waals surface area (Å²) in [6, 6.07) is -5.19. The predicted molar refractivity (Wildman–Crippen MR) is 103 cm³/mol. The third-order valence-electron chi connectivity index (χ3n) is 4.10. The molecule has 1 rings (SSSR count). The molecule has 0 saturated carbocycles. The molecule has 9 N–H and O–H groups in total. The average Bonchev–Trinajstić information content (AvgIpc) is 3.20. The Balaban J connectivity index is 3.00. The van der Waals surface area contributed by atoms with Crippen LogP contribution in [0, 0.1) is 0 Å². The summed E-state index contributed by atoms with van der Waals surface area (Å²) in [5, 5.41) is 33.7. The minimum atomic E-state index is -1.64. The van der Waals surface area contributed by atoms with E-state index in [-0.39, 0.29) is 12.8 Å². The monoisotopic (exact) mass is 442 g/mol. The second kappa shape index (κ2) is 12.2. The molecule has 0 aliphatic carbocycles. The van der Waals surface area contributed by atoms with E-state index in [1.165, 1.54) is 19.4 Å². The number of amides is 3. The Kier molecular flexibility index (Phi) is 10.1. The number of hydrogen-bond acceptors (Lipinski definition) is 8. The molecule has 0 aliphatic rings. The van der Waals surface area contributed by atoms with Crippen molar-refractivity contribution in [1.82, 2.24) is 25.9 Å². The molecule has 0 fully saturated rings. The number of nitrogens with one attached hydrogen (secondary N) is 4. The summed E-state index contributed by atoms with van der Waals surface area (Å²) in [6.07, 6.45) is 1.88. The van der Waals surface area contributed by atoms with Gasteiger partial charge in [0, 0.05) is 24.7 Å². The number of hydrogen-bond donors (Lipinski definition) is 8. The molecule has 172 valence electrons. The van der Waals surface area contributed by atoms with Crippen molar-refractivity contribution in [1.29, 1.82) is 0 Å². The number of aromatic nitrogens is 2. The lowest BCUT2D eigenvalue weighted by Crippen LogP contribution is -2.57. The molecule has 4 atom stereocenters. The smallest absolute Gasteiger partial charge is 0.328 e. The molecule has 0 aromatic carbocycles. The van der Waals surface area contributed by atoms with E-state index in [0.717, 1.165) is 0 Å². The first-order valence-electron chi connectivity index (χ1n) is 9.24. The highest BCUT2D eigenvalue weighted by molar-refractivity contribution is 5.94. The lowest BCUT2D eigenvalue weighted by molar-refractivity contribution is -0.144. The highest BCUT2D eigenvalue weighted by atomic mass is 16.4. The maximum Gasteiger partial charge on any atom is 0.328 e. The van der Waals surface area contributed by atoms with E-state index in [1.807, 2.05) is 5.32 Å². The van der Waals surface area contributed by atoms with Crippen LogP contribution >= 0.6 is 0 Å². The molecule has 4 unspecified atom stereocenters. The number of aliphatic hydroxyl groups is 1. The fourth-order valence-electron chi connectivity index (χ4n) is 2.40. The van der Waals surface area contributed by atoms with E-state index in [2.05, 4.69) is 20.6 Å². The van der Waals surface area contributed by atoms with E-state index in [0.29, 0.717) is 5.69 Å². The predicted octanol–water partition coefficient (Wildman–Crippen LogP) is -3.30. The Bertz CT molecular complexity index is 782. The van der Waals surface area contributed by atoms with Gasteiger partial charge in [-0.2, -0.15) is 0 Å². The zero-order valence-corrected chi connectivity index (χ0v) is 16.7. The number of aliphatic carboxylic acids is 2.